The molecule has 0 radical (unpaired) electrons. The van der Waals surface area contributed by atoms with E-state index in [-0.39, 0.29) is 42.5 Å². The minimum Gasteiger partial charge on any atom is -0.477 e. The van der Waals surface area contributed by atoms with E-state index in [0.717, 1.165) is 11.9 Å². The van der Waals surface area contributed by atoms with Gasteiger partial charge >= 0.3 is 6.18 Å². The molecule has 0 saturated heterocycles. The van der Waals surface area contributed by atoms with Gasteiger partial charge < -0.3 is 10.5 Å². The number of nitrogen functional groups attached to an aromatic ring is 1. The SMILES string of the molecule is Nc1cccc(SNC(=O)c2ccc(-n3ccc(OCCC4(C(F)(F)F)CC4)n3)nc2Cl)n1. The lowest BCUT2D eigenvalue weighted by Crippen LogP contribution is -2.26. The van der Waals surface area contributed by atoms with E-state index in [4.69, 9.17) is 22.1 Å². The number of ether oxygens (including phenoxy) is 1. The number of aromatic nitrogens is 4. The largest absolute Gasteiger partial charge is 0.477 e. The van der Waals surface area contributed by atoms with Crippen LogP contribution in [0.1, 0.15) is 29.6 Å². The van der Waals surface area contributed by atoms with Gasteiger partial charge in [-0.25, -0.2) is 14.6 Å². The quantitative estimate of drug-likeness (QED) is 0.349. The van der Waals surface area contributed by atoms with Crippen LogP contribution in [0.3, 0.4) is 0 Å². The molecule has 3 heterocycles. The molecule has 8 nitrogen and oxygen atoms in total. The highest BCUT2D eigenvalue weighted by atomic mass is 35.5. The lowest BCUT2D eigenvalue weighted by atomic mass is 10.0. The van der Waals surface area contributed by atoms with Gasteiger partial charge in [0.05, 0.1) is 17.6 Å². The highest BCUT2D eigenvalue weighted by molar-refractivity contribution is 7.97. The van der Waals surface area contributed by atoms with Crippen molar-refractivity contribution in [1.82, 2.24) is 24.5 Å². The molecule has 0 atom stereocenters. The molecule has 33 heavy (non-hydrogen) atoms. The zero-order chi connectivity index (χ0) is 23.6. The van der Waals surface area contributed by atoms with Gasteiger partial charge in [-0.15, -0.1) is 5.10 Å². The Morgan fingerprint density at radius 3 is 2.70 bits per heavy atom. The lowest BCUT2D eigenvalue weighted by molar-refractivity contribution is -0.190. The standard InChI is InChI=1S/C20H18ClF3N6O2S/c21-17-12(18(31)29-33-16-3-1-2-13(25)26-16)4-5-14(27-17)30-10-6-15(28-30)32-11-9-19(7-8-19)20(22,23)24/h1-6,10H,7-9,11H2,(H2,25,26)(H,29,31). The predicted octanol–water partition coefficient (Wildman–Crippen LogP) is 4.45. The maximum absolute atomic E-state index is 13.0. The maximum Gasteiger partial charge on any atom is 0.394 e. The summed E-state index contributed by atoms with van der Waals surface area (Å²) in [6.07, 6.45) is -2.53. The predicted molar refractivity (Wildman–Crippen MR) is 116 cm³/mol. The number of rotatable bonds is 8. The Kier molecular flexibility index (Phi) is 6.39. The smallest absolute Gasteiger partial charge is 0.394 e. The van der Waals surface area contributed by atoms with E-state index < -0.39 is 17.5 Å². The molecule has 1 aliphatic carbocycles. The van der Waals surface area contributed by atoms with Gasteiger partial charge in [-0.3, -0.25) is 9.52 Å². The Balaban J connectivity index is 1.35. The highest BCUT2D eigenvalue weighted by Crippen LogP contribution is 2.59. The molecule has 13 heteroatoms. The van der Waals surface area contributed by atoms with Gasteiger partial charge in [0.2, 0.25) is 5.88 Å². The normalized spacial score (nSPS) is 14.7. The molecule has 0 unspecified atom stereocenters. The van der Waals surface area contributed by atoms with Crippen molar-refractivity contribution in [3.05, 3.63) is 53.3 Å². The second-order valence-corrected chi connectivity index (χ2v) is 8.60. The summed E-state index contributed by atoms with van der Waals surface area (Å²) in [6.45, 7) is -0.0938. The van der Waals surface area contributed by atoms with Crippen LogP contribution >= 0.6 is 23.5 Å². The first kappa shape index (κ1) is 23.2. The fourth-order valence-corrected chi connectivity index (χ4v) is 3.89. The maximum atomic E-state index is 13.0. The fourth-order valence-electron chi connectivity index (χ4n) is 3.05. The summed E-state index contributed by atoms with van der Waals surface area (Å²) in [5, 5.41) is 4.61. The molecule has 1 saturated carbocycles. The Bertz CT molecular complexity index is 1170. The lowest BCUT2D eigenvalue weighted by Gasteiger charge is -2.18. The summed E-state index contributed by atoms with van der Waals surface area (Å²) in [5.74, 6) is 0.328. The Morgan fingerprint density at radius 1 is 1.24 bits per heavy atom. The van der Waals surface area contributed by atoms with E-state index in [0.29, 0.717) is 16.7 Å². The van der Waals surface area contributed by atoms with Crippen LogP contribution in [0.5, 0.6) is 5.88 Å². The van der Waals surface area contributed by atoms with Crippen molar-refractivity contribution in [3.8, 4) is 11.7 Å². The number of nitrogens with zero attached hydrogens (tertiary/aromatic N) is 4. The van der Waals surface area contributed by atoms with Crippen molar-refractivity contribution in [3.63, 3.8) is 0 Å². The third-order valence-corrected chi connectivity index (χ3v) is 6.17. The van der Waals surface area contributed by atoms with Crippen LogP contribution in [-0.4, -0.2) is 38.4 Å². The topological polar surface area (TPSA) is 108 Å². The summed E-state index contributed by atoms with van der Waals surface area (Å²) in [6, 6.07) is 9.55. The first-order valence-electron chi connectivity index (χ1n) is 9.79. The summed E-state index contributed by atoms with van der Waals surface area (Å²) in [7, 11) is 0. The molecule has 0 aliphatic heterocycles. The Hall–Kier alpha value is -2.99. The average Bonchev–Trinajstić information content (AvgIpc) is 3.42. The second-order valence-electron chi connectivity index (χ2n) is 7.42. The van der Waals surface area contributed by atoms with Crippen molar-refractivity contribution in [2.75, 3.05) is 12.3 Å². The molecule has 1 fully saturated rings. The van der Waals surface area contributed by atoms with Crippen molar-refractivity contribution in [2.24, 2.45) is 5.41 Å². The van der Waals surface area contributed by atoms with Gasteiger partial charge in [-0.05, 0) is 43.5 Å². The van der Waals surface area contributed by atoms with Crippen LogP contribution in [0, 0.1) is 5.41 Å². The van der Waals surface area contributed by atoms with Crippen LogP contribution in [0.15, 0.2) is 47.6 Å². The minimum atomic E-state index is -4.21. The Morgan fingerprint density at radius 2 is 2.03 bits per heavy atom. The van der Waals surface area contributed by atoms with E-state index in [9.17, 15) is 18.0 Å². The molecule has 4 rings (SSSR count). The molecular formula is C20H18ClF3N6O2S. The van der Waals surface area contributed by atoms with Crippen LogP contribution in [0.4, 0.5) is 19.0 Å². The number of pyridine rings is 2. The van der Waals surface area contributed by atoms with Crippen molar-refractivity contribution < 1.29 is 22.7 Å². The molecule has 3 aromatic heterocycles. The summed E-state index contributed by atoms with van der Waals surface area (Å²) < 4.78 is 48.3. The second kappa shape index (κ2) is 9.10. The minimum absolute atomic E-state index is 0.0510. The number of hydrogen-bond acceptors (Lipinski definition) is 7. The number of halogens is 4. The number of carbonyl (C=O) groups excluding carboxylic acids is 1. The summed E-state index contributed by atoms with van der Waals surface area (Å²) >= 11 is 7.16. The van der Waals surface area contributed by atoms with Gasteiger partial charge in [0, 0.05) is 24.2 Å². The fraction of sp³-hybridized carbons (Fsp3) is 0.300. The number of alkyl halides is 3. The van der Waals surface area contributed by atoms with Crippen LogP contribution in [0.2, 0.25) is 5.15 Å². The molecule has 0 aromatic carbocycles. The number of amides is 1. The molecule has 0 bridgehead atoms. The van der Waals surface area contributed by atoms with Crippen LogP contribution < -0.4 is 15.2 Å². The average molecular weight is 499 g/mol. The molecule has 1 amide bonds. The molecular weight excluding hydrogens is 481 g/mol. The van der Waals surface area contributed by atoms with E-state index >= 15 is 0 Å². The monoisotopic (exact) mass is 498 g/mol. The zero-order valence-corrected chi connectivity index (χ0v) is 18.5. The summed E-state index contributed by atoms with van der Waals surface area (Å²) in [5.41, 5.74) is 4.13. The Labute approximate surface area is 195 Å². The van der Waals surface area contributed by atoms with Gasteiger partial charge in [0.25, 0.3) is 5.91 Å². The van der Waals surface area contributed by atoms with E-state index in [2.05, 4.69) is 19.8 Å². The van der Waals surface area contributed by atoms with Gasteiger partial charge in [0.1, 0.15) is 16.0 Å². The number of hydrogen-bond donors (Lipinski definition) is 2. The van der Waals surface area contributed by atoms with E-state index in [1.54, 1.807) is 18.2 Å². The molecule has 3 aromatic rings. The van der Waals surface area contributed by atoms with Gasteiger partial charge in [0.15, 0.2) is 5.82 Å². The number of anilines is 1. The van der Waals surface area contributed by atoms with Crippen molar-refractivity contribution in [1.29, 1.82) is 0 Å². The highest BCUT2D eigenvalue weighted by Gasteiger charge is 2.62. The molecule has 174 valence electrons. The van der Waals surface area contributed by atoms with Gasteiger partial charge in [-0.2, -0.15) is 13.2 Å². The number of carbonyl (C=O) groups is 1. The van der Waals surface area contributed by atoms with E-state index in [1.165, 1.54) is 29.1 Å². The third-order valence-electron chi connectivity index (χ3n) is 5.16. The summed E-state index contributed by atoms with van der Waals surface area (Å²) in [4.78, 5) is 20.6. The van der Waals surface area contributed by atoms with E-state index in [1.807, 2.05) is 0 Å². The first-order valence-corrected chi connectivity index (χ1v) is 11.0. The van der Waals surface area contributed by atoms with Crippen molar-refractivity contribution >= 4 is 35.3 Å². The van der Waals surface area contributed by atoms with Crippen molar-refractivity contribution in [2.45, 2.75) is 30.5 Å². The molecule has 1 aliphatic rings. The van der Waals surface area contributed by atoms with Crippen LogP contribution in [0.25, 0.3) is 5.82 Å². The molecule has 0 spiro atoms. The zero-order valence-electron chi connectivity index (χ0n) is 17.0. The first-order chi connectivity index (χ1) is 15.7. The van der Waals surface area contributed by atoms with Gasteiger partial charge in [-0.1, -0.05) is 17.7 Å². The molecule has 3 N–H and O–H groups in total. The number of nitrogens with one attached hydrogen (secondary N) is 1. The number of nitrogens with two attached hydrogens (primary N) is 1. The third kappa shape index (κ3) is 5.33. The van der Waals surface area contributed by atoms with Crippen LogP contribution in [-0.2, 0) is 0 Å².